The van der Waals surface area contributed by atoms with Gasteiger partial charge in [-0.25, -0.2) is 0 Å². The van der Waals surface area contributed by atoms with E-state index in [2.05, 4.69) is 10.6 Å². The minimum Gasteiger partial charge on any atom is -0.378 e. The van der Waals surface area contributed by atoms with Crippen LogP contribution in [-0.4, -0.2) is 23.9 Å². The van der Waals surface area contributed by atoms with Crippen LogP contribution in [0.25, 0.3) is 0 Å². The highest BCUT2D eigenvalue weighted by atomic mass is 32.2. The first-order valence-corrected chi connectivity index (χ1v) is 8.18. The van der Waals surface area contributed by atoms with E-state index in [9.17, 15) is 14.9 Å². The molecule has 0 saturated carbocycles. The van der Waals surface area contributed by atoms with Gasteiger partial charge in [0, 0.05) is 30.1 Å². The molecule has 0 saturated heterocycles. The molecule has 124 valence electrons. The Hall–Kier alpha value is -2.80. The number of para-hydroxylation sites is 2. The average molecular weight is 343 g/mol. The minimum absolute atomic E-state index is 0.0167. The van der Waals surface area contributed by atoms with Crippen LogP contribution in [0.4, 0.5) is 11.4 Å². The van der Waals surface area contributed by atoms with Crippen LogP contribution >= 0.6 is 11.8 Å². The number of amides is 1. The van der Waals surface area contributed by atoms with Gasteiger partial charge in [0.15, 0.2) is 0 Å². The van der Waals surface area contributed by atoms with E-state index in [0.717, 1.165) is 4.90 Å². The molecule has 1 amide bonds. The SMILES string of the molecule is O=C(/C=C/Sc1ccccc1)NCCNc1ccccc1[N+](=O)[O-]. The summed E-state index contributed by atoms with van der Waals surface area (Å²) in [7, 11) is 0. The fraction of sp³-hybridized carbons (Fsp3) is 0.118. The highest BCUT2D eigenvalue weighted by Gasteiger charge is 2.11. The quantitative estimate of drug-likeness (QED) is 0.252. The van der Waals surface area contributed by atoms with Crippen molar-refractivity contribution in [3.63, 3.8) is 0 Å². The first kappa shape index (κ1) is 17.6. The predicted molar refractivity (Wildman–Crippen MR) is 96.0 cm³/mol. The third kappa shape index (κ3) is 5.77. The molecule has 2 rings (SSSR count). The molecule has 6 nitrogen and oxygen atoms in total. The lowest BCUT2D eigenvalue weighted by Gasteiger charge is -2.07. The lowest BCUT2D eigenvalue weighted by molar-refractivity contribution is -0.384. The Kier molecular flexibility index (Phi) is 6.85. The maximum Gasteiger partial charge on any atom is 0.292 e. The molecule has 0 radical (unpaired) electrons. The average Bonchev–Trinajstić information content (AvgIpc) is 2.60. The Labute approximate surface area is 144 Å². The van der Waals surface area contributed by atoms with Crippen LogP contribution in [-0.2, 0) is 4.79 Å². The van der Waals surface area contributed by atoms with Gasteiger partial charge in [-0.15, -0.1) is 0 Å². The second-order valence-corrected chi connectivity index (χ2v) is 5.70. The zero-order chi connectivity index (χ0) is 17.2. The molecule has 24 heavy (non-hydrogen) atoms. The van der Waals surface area contributed by atoms with Gasteiger partial charge in [-0.3, -0.25) is 14.9 Å². The topological polar surface area (TPSA) is 84.3 Å². The van der Waals surface area contributed by atoms with E-state index in [0.29, 0.717) is 18.8 Å². The van der Waals surface area contributed by atoms with Crippen molar-refractivity contribution in [1.29, 1.82) is 0 Å². The molecule has 2 aromatic carbocycles. The maximum atomic E-state index is 11.7. The second kappa shape index (κ2) is 9.36. The molecule has 0 aliphatic rings. The lowest BCUT2D eigenvalue weighted by atomic mass is 10.2. The number of hydrogen-bond donors (Lipinski definition) is 2. The van der Waals surface area contributed by atoms with Gasteiger partial charge in [-0.05, 0) is 23.6 Å². The normalized spacial score (nSPS) is 10.5. The number of hydrogen-bond acceptors (Lipinski definition) is 5. The first-order valence-electron chi connectivity index (χ1n) is 7.30. The molecule has 7 heteroatoms. The van der Waals surface area contributed by atoms with Crippen molar-refractivity contribution in [2.45, 2.75) is 4.90 Å². The van der Waals surface area contributed by atoms with Crippen LogP contribution in [0.2, 0.25) is 0 Å². The van der Waals surface area contributed by atoms with Gasteiger partial charge < -0.3 is 10.6 Å². The fourth-order valence-corrected chi connectivity index (χ4v) is 2.56. The molecule has 0 aliphatic heterocycles. The summed E-state index contributed by atoms with van der Waals surface area (Å²) >= 11 is 1.46. The van der Waals surface area contributed by atoms with Crippen LogP contribution in [0.5, 0.6) is 0 Å². The third-order valence-electron chi connectivity index (χ3n) is 3.01. The number of nitro benzene ring substituents is 1. The van der Waals surface area contributed by atoms with Gasteiger partial charge in [0.25, 0.3) is 5.69 Å². The van der Waals surface area contributed by atoms with Gasteiger partial charge in [-0.1, -0.05) is 42.1 Å². The molecule has 0 aromatic heterocycles. The molecule has 0 unspecified atom stereocenters. The molecular formula is C17H17N3O3S. The Balaban J connectivity index is 1.70. The number of carbonyl (C=O) groups is 1. The summed E-state index contributed by atoms with van der Waals surface area (Å²) in [6, 6.07) is 16.1. The van der Waals surface area contributed by atoms with Crippen LogP contribution < -0.4 is 10.6 Å². The van der Waals surface area contributed by atoms with Crippen molar-refractivity contribution in [2.24, 2.45) is 0 Å². The first-order chi connectivity index (χ1) is 11.7. The number of rotatable bonds is 8. The van der Waals surface area contributed by atoms with E-state index < -0.39 is 4.92 Å². The van der Waals surface area contributed by atoms with Gasteiger partial charge in [0.2, 0.25) is 5.91 Å². The zero-order valence-corrected chi connectivity index (χ0v) is 13.7. The number of nitro groups is 1. The molecule has 0 atom stereocenters. The summed E-state index contributed by atoms with van der Waals surface area (Å²) in [6.07, 6.45) is 1.46. The molecule has 0 heterocycles. The van der Waals surface area contributed by atoms with Crippen LogP contribution in [0.1, 0.15) is 0 Å². The lowest BCUT2D eigenvalue weighted by Crippen LogP contribution is -2.27. The van der Waals surface area contributed by atoms with Crippen molar-refractivity contribution >= 4 is 29.0 Å². The van der Waals surface area contributed by atoms with Gasteiger partial charge in [0.1, 0.15) is 5.69 Å². The summed E-state index contributed by atoms with van der Waals surface area (Å²) in [4.78, 5) is 23.2. The molecule has 0 aliphatic carbocycles. The molecule has 0 spiro atoms. The van der Waals surface area contributed by atoms with Gasteiger partial charge in [-0.2, -0.15) is 0 Å². The molecule has 0 bridgehead atoms. The van der Waals surface area contributed by atoms with E-state index in [1.807, 2.05) is 30.3 Å². The Morgan fingerprint density at radius 3 is 2.54 bits per heavy atom. The van der Waals surface area contributed by atoms with Crippen molar-refractivity contribution in [3.05, 3.63) is 76.2 Å². The number of nitrogens with zero attached hydrogens (tertiary/aromatic N) is 1. The largest absolute Gasteiger partial charge is 0.378 e. The zero-order valence-electron chi connectivity index (χ0n) is 12.8. The summed E-state index contributed by atoms with van der Waals surface area (Å²) in [5.74, 6) is -0.206. The molecule has 2 aromatic rings. The Bertz CT molecular complexity index is 720. The maximum absolute atomic E-state index is 11.7. The fourth-order valence-electron chi connectivity index (χ4n) is 1.90. The van der Waals surface area contributed by atoms with Crippen molar-refractivity contribution < 1.29 is 9.72 Å². The third-order valence-corrected chi connectivity index (χ3v) is 3.82. The smallest absolute Gasteiger partial charge is 0.292 e. The highest BCUT2D eigenvalue weighted by Crippen LogP contribution is 2.22. The van der Waals surface area contributed by atoms with Gasteiger partial charge in [0.05, 0.1) is 4.92 Å². The summed E-state index contributed by atoms with van der Waals surface area (Å²) in [5, 5.41) is 18.3. The molecular weight excluding hydrogens is 326 g/mol. The highest BCUT2D eigenvalue weighted by molar-refractivity contribution is 8.02. The van der Waals surface area contributed by atoms with E-state index in [4.69, 9.17) is 0 Å². The van der Waals surface area contributed by atoms with Crippen LogP contribution in [0.3, 0.4) is 0 Å². The number of anilines is 1. The Morgan fingerprint density at radius 2 is 1.79 bits per heavy atom. The van der Waals surface area contributed by atoms with Crippen molar-refractivity contribution in [2.75, 3.05) is 18.4 Å². The van der Waals surface area contributed by atoms with E-state index in [1.165, 1.54) is 23.9 Å². The van der Waals surface area contributed by atoms with E-state index in [-0.39, 0.29) is 11.6 Å². The second-order valence-electron chi connectivity index (χ2n) is 4.73. The molecule has 2 N–H and O–H groups in total. The van der Waals surface area contributed by atoms with E-state index >= 15 is 0 Å². The summed E-state index contributed by atoms with van der Waals surface area (Å²) in [5.41, 5.74) is 0.454. The predicted octanol–water partition coefficient (Wildman–Crippen LogP) is 3.43. The van der Waals surface area contributed by atoms with Crippen LogP contribution in [0, 0.1) is 10.1 Å². The molecule has 0 fully saturated rings. The number of nitrogens with one attached hydrogen (secondary N) is 2. The number of carbonyl (C=O) groups excluding carboxylic acids is 1. The minimum atomic E-state index is -0.440. The monoisotopic (exact) mass is 343 g/mol. The standard InChI is InChI=1S/C17H17N3O3S/c21-17(10-13-24-14-6-2-1-3-7-14)19-12-11-18-15-8-4-5-9-16(15)20(22)23/h1-10,13,18H,11-12H2,(H,19,21)/b13-10+. The van der Waals surface area contributed by atoms with Crippen molar-refractivity contribution in [1.82, 2.24) is 5.32 Å². The van der Waals surface area contributed by atoms with Gasteiger partial charge >= 0.3 is 0 Å². The Morgan fingerprint density at radius 1 is 1.08 bits per heavy atom. The van der Waals surface area contributed by atoms with Crippen molar-refractivity contribution in [3.8, 4) is 0 Å². The summed E-state index contributed by atoms with van der Waals surface area (Å²) in [6.45, 7) is 0.765. The van der Waals surface area contributed by atoms with E-state index in [1.54, 1.807) is 23.6 Å². The number of benzene rings is 2. The van der Waals surface area contributed by atoms with Crippen LogP contribution in [0.15, 0.2) is 71.0 Å². The number of thioether (sulfide) groups is 1. The summed E-state index contributed by atoms with van der Waals surface area (Å²) < 4.78 is 0.